The van der Waals surface area contributed by atoms with E-state index in [4.69, 9.17) is 0 Å². The molecule has 0 aromatic rings. The Morgan fingerprint density at radius 3 is 2.00 bits per heavy atom. The van der Waals surface area contributed by atoms with Crippen LogP contribution in [-0.4, -0.2) is 6.29 Å². The normalized spacial score (nSPS) is 56.2. The Labute approximate surface area is 192 Å². The van der Waals surface area contributed by atoms with Crippen molar-refractivity contribution >= 4 is 6.29 Å². The first kappa shape index (κ1) is 22.2. The maximum atomic E-state index is 12.0. The summed E-state index contributed by atoms with van der Waals surface area (Å²) < 4.78 is 0. The molecule has 4 fully saturated rings. The van der Waals surface area contributed by atoms with E-state index in [-0.39, 0.29) is 5.41 Å². The van der Waals surface area contributed by atoms with Gasteiger partial charge in [0.1, 0.15) is 6.29 Å². The summed E-state index contributed by atoms with van der Waals surface area (Å²) in [5, 5.41) is 0. The first-order chi connectivity index (χ1) is 14.5. The van der Waals surface area contributed by atoms with Gasteiger partial charge in [0.2, 0.25) is 0 Å². The van der Waals surface area contributed by atoms with Gasteiger partial charge in [0.25, 0.3) is 0 Å². The Morgan fingerprint density at radius 1 is 0.774 bits per heavy atom. The molecule has 0 aromatic carbocycles. The van der Waals surface area contributed by atoms with Gasteiger partial charge >= 0.3 is 0 Å². The molecule has 0 aromatic heterocycles. The van der Waals surface area contributed by atoms with Crippen LogP contribution in [0.4, 0.5) is 0 Å². The summed E-state index contributed by atoms with van der Waals surface area (Å²) in [6.45, 7) is 18.2. The molecule has 0 heterocycles. The Balaban J connectivity index is 1.54. The zero-order valence-corrected chi connectivity index (χ0v) is 21.5. The molecule has 3 unspecified atom stereocenters. The lowest BCUT2D eigenvalue weighted by atomic mass is 9.32. The predicted molar refractivity (Wildman–Crippen MR) is 130 cm³/mol. The average molecular weight is 425 g/mol. The highest BCUT2D eigenvalue weighted by Gasteiger charge is 2.71. The Morgan fingerprint density at radius 2 is 1.39 bits per heavy atom. The van der Waals surface area contributed by atoms with Gasteiger partial charge in [-0.25, -0.2) is 0 Å². The molecule has 1 nitrogen and oxygen atoms in total. The molecule has 0 amide bonds. The summed E-state index contributed by atoms with van der Waals surface area (Å²) >= 11 is 0. The summed E-state index contributed by atoms with van der Waals surface area (Å²) in [4.78, 5) is 12.0. The van der Waals surface area contributed by atoms with Gasteiger partial charge in [0, 0.05) is 0 Å². The number of hydrogen-bond acceptors (Lipinski definition) is 1. The monoisotopic (exact) mass is 424 g/mol. The number of aldehydes is 1. The van der Waals surface area contributed by atoms with Crippen molar-refractivity contribution in [3.05, 3.63) is 11.6 Å². The highest BCUT2D eigenvalue weighted by atomic mass is 16.1. The molecule has 5 aliphatic rings. The minimum absolute atomic E-state index is 0.120. The van der Waals surface area contributed by atoms with Crippen molar-refractivity contribution in [3.8, 4) is 0 Å². The van der Waals surface area contributed by atoms with Crippen LogP contribution in [0.25, 0.3) is 0 Å². The third kappa shape index (κ3) is 2.53. The maximum absolute atomic E-state index is 12.0. The van der Waals surface area contributed by atoms with Crippen LogP contribution in [0.15, 0.2) is 11.6 Å². The number of allylic oxidation sites excluding steroid dienone is 2. The first-order valence-corrected chi connectivity index (χ1v) is 13.6. The van der Waals surface area contributed by atoms with Gasteiger partial charge < -0.3 is 0 Å². The van der Waals surface area contributed by atoms with Crippen LogP contribution in [-0.2, 0) is 4.79 Å². The second kappa shape index (κ2) is 6.73. The zero-order chi connectivity index (χ0) is 22.4. The third-order valence-corrected chi connectivity index (χ3v) is 13.3. The van der Waals surface area contributed by atoms with Crippen LogP contribution in [0.3, 0.4) is 0 Å². The van der Waals surface area contributed by atoms with Gasteiger partial charge in [0.05, 0.1) is 0 Å². The summed E-state index contributed by atoms with van der Waals surface area (Å²) in [5.74, 6) is 4.15. The van der Waals surface area contributed by atoms with Gasteiger partial charge in [-0.3, -0.25) is 4.79 Å². The van der Waals surface area contributed by atoms with Crippen LogP contribution in [0, 0.1) is 56.7 Å². The summed E-state index contributed by atoms with van der Waals surface area (Å²) in [6, 6.07) is 0. The third-order valence-electron chi connectivity index (χ3n) is 13.3. The number of carbonyl (C=O) groups is 1. The molecule has 5 rings (SSSR count). The quantitative estimate of drug-likeness (QED) is 0.408. The van der Waals surface area contributed by atoms with Crippen LogP contribution < -0.4 is 0 Å². The minimum atomic E-state index is 0.120. The van der Waals surface area contributed by atoms with Crippen molar-refractivity contribution in [3.63, 3.8) is 0 Å². The van der Waals surface area contributed by atoms with Gasteiger partial charge in [-0.05, 0) is 126 Å². The molecule has 0 N–H and O–H groups in total. The molecule has 0 radical (unpaired) electrons. The number of carbonyl (C=O) groups excluding carboxylic acids is 1. The first-order valence-electron chi connectivity index (χ1n) is 13.6. The van der Waals surface area contributed by atoms with E-state index in [0.29, 0.717) is 27.6 Å². The molecule has 0 aliphatic heterocycles. The van der Waals surface area contributed by atoms with Crippen molar-refractivity contribution in [2.24, 2.45) is 56.7 Å². The number of fused-ring (bicyclic) bond motifs is 7. The fraction of sp³-hybridized carbons (Fsp3) is 0.900. The van der Waals surface area contributed by atoms with Crippen molar-refractivity contribution in [1.82, 2.24) is 0 Å². The standard InChI is InChI=1S/C30H48O/c1-20(2)22-11-12-24-27(22,4)15-17-30(7)25-13-14-26(3)21(19-31)9-8-10-23(26)28(25,5)16-18-29(24,30)6/h9,19-20,22-25H,8,10-18H2,1-7H3/t22-,23?,24?,25?,26-,27-,28+,29+,30-/m1/s1. The molecule has 9 atom stereocenters. The highest BCUT2D eigenvalue weighted by molar-refractivity contribution is 5.76. The van der Waals surface area contributed by atoms with Gasteiger partial charge in [-0.2, -0.15) is 0 Å². The second-order valence-corrected chi connectivity index (χ2v) is 14.2. The van der Waals surface area contributed by atoms with E-state index in [1.54, 1.807) is 0 Å². The van der Waals surface area contributed by atoms with Crippen molar-refractivity contribution in [2.45, 2.75) is 113 Å². The maximum Gasteiger partial charge on any atom is 0.146 e. The summed E-state index contributed by atoms with van der Waals surface area (Å²) in [7, 11) is 0. The molecule has 1 heteroatoms. The van der Waals surface area contributed by atoms with E-state index in [2.05, 4.69) is 54.5 Å². The lowest BCUT2D eigenvalue weighted by Crippen LogP contribution is -2.66. The van der Waals surface area contributed by atoms with E-state index in [1.165, 1.54) is 64.1 Å². The summed E-state index contributed by atoms with van der Waals surface area (Å²) in [5.41, 5.74) is 3.15. The topological polar surface area (TPSA) is 17.1 Å². The lowest BCUT2D eigenvalue weighted by Gasteiger charge is -2.73. The van der Waals surface area contributed by atoms with Crippen molar-refractivity contribution < 1.29 is 4.79 Å². The fourth-order valence-corrected chi connectivity index (χ4v) is 11.7. The van der Waals surface area contributed by atoms with Gasteiger partial charge in [-0.15, -0.1) is 0 Å². The second-order valence-electron chi connectivity index (χ2n) is 14.2. The molecule has 31 heavy (non-hydrogen) atoms. The predicted octanol–water partition coefficient (Wildman–Crippen LogP) is 8.23. The van der Waals surface area contributed by atoms with Crippen LogP contribution in [0.2, 0.25) is 0 Å². The van der Waals surface area contributed by atoms with E-state index < -0.39 is 0 Å². The zero-order valence-electron chi connectivity index (χ0n) is 21.5. The molecule has 4 saturated carbocycles. The van der Waals surface area contributed by atoms with E-state index in [1.807, 2.05) is 0 Å². The molecule has 0 spiro atoms. The Bertz CT molecular complexity index is 794. The Hall–Kier alpha value is -0.590. The number of rotatable bonds is 2. The number of hydrogen-bond donors (Lipinski definition) is 0. The lowest BCUT2D eigenvalue weighted by molar-refractivity contribution is -0.235. The average Bonchev–Trinajstić information content (AvgIpc) is 3.08. The minimum Gasteiger partial charge on any atom is -0.298 e. The van der Waals surface area contributed by atoms with Crippen LogP contribution in [0.1, 0.15) is 113 Å². The molecular formula is C30H48O. The molecule has 0 saturated heterocycles. The van der Waals surface area contributed by atoms with Gasteiger partial charge in [0.15, 0.2) is 0 Å². The van der Waals surface area contributed by atoms with E-state index in [0.717, 1.165) is 35.7 Å². The van der Waals surface area contributed by atoms with Crippen molar-refractivity contribution in [1.29, 1.82) is 0 Å². The van der Waals surface area contributed by atoms with Gasteiger partial charge in [-0.1, -0.05) is 54.5 Å². The molecule has 5 aliphatic carbocycles. The Kier molecular flexibility index (Phi) is 4.82. The van der Waals surface area contributed by atoms with Crippen LogP contribution >= 0.6 is 0 Å². The fourth-order valence-electron chi connectivity index (χ4n) is 11.7. The van der Waals surface area contributed by atoms with E-state index in [9.17, 15) is 4.79 Å². The summed E-state index contributed by atoms with van der Waals surface area (Å²) in [6.07, 6.45) is 17.0. The smallest absolute Gasteiger partial charge is 0.146 e. The largest absolute Gasteiger partial charge is 0.298 e. The highest BCUT2D eigenvalue weighted by Crippen LogP contribution is 2.78. The van der Waals surface area contributed by atoms with E-state index >= 15 is 0 Å². The SMILES string of the molecule is CC(C)[C@H]1CCC2[C@]1(C)CC[C@]1(C)C3CC[C@]4(C)C(C=O)=CCCC4[C@]3(C)CC[C@@]21C. The van der Waals surface area contributed by atoms with Crippen LogP contribution in [0.5, 0.6) is 0 Å². The molecular weight excluding hydrogens is 376 g/mol. The van der Waals surface area contributed by atoms with Crippen molar-refractivity contribution in [2.75, 3.05) is 0 Å². The molecule has 174 valence electrons. The molecule has 0 bridgehead atoms.